The summed E-state index contributed by atoms with van der Waals surface area (Å²) in [5, 5.41) is 14.3. The molecule has 4 rings (SSSR count). The van der Waals surface area contributed by atoms with Crippen molar-refractivity contribution in [3.8, 4) is 0 Å². The summed E-state index contributed by atoms with van der Waals surface area (Å²) in [6.45, 7) is 5.39. The Morgan fingerprint density at radius 1 is 1.27 bits per heavy atom. The molecule has 0 saturated carbocycles. The molecule has 10 heteroatoms. The van der Waals surface area contributed by atoms with Crippen LogP contribution in [0.15, 0.2) is 56.8 Å². The number of thiazole rings is 1. The number of aromatic nitrogens is 1. The van der Waals surface area contributed by atoms with Crippen molar-refractivity contribution in [3.63, 3.8) is 0 Å². The van der Waals surface area contributed by atoms with Crippen LogP contribution in [0.2, 0.25) is 0 Å². The van der Waals surface area contributed by atoms with Crippen LogP contribution in [0.5, 0.6) is 0 Å². The third-order valence-electron chi connectivity index (χ3n) is 5.25. The largest absolute Gasteiger partial charge is 0.478 e. The Balaban J connectivity index is 1.83. The summed E-state index contributed by atoms with van der Waals surface area (Å²) in [4.78, 5) is 43.4. The van der Waals surface area contributed by atoms with E-state index in [1.54, 1.807) is 39.1 Å². The number of carboxylic acids is 1. The topological polar surface area (TPSA) is 110 Å². The predicted octanol–water partition coefficient (Wildman–Crippen LogP) is 2.89. The average Bonchev–Trinajstić information content (AvgIpc) is 3.40. The van der Waals surface area contributed by atoms with E-state index in [-0.39, 0.29) is 17.7 Å². The van der Waals surface area contributed by atoms with Gasteiger partial charge in [-0.25, -0.2) is 14.6 Å². The third kappa shape index (κ3) is 4.14. The summed E-state index contributed by atoms with van der Waals surface area (Å²) >= 11 is 2.65. The number of carboxylic acid groups (broad SMARTS) is 1. The van der Waals surface area contributed by atoms with Crippen LogP contribution in [0.1, 0.15) is 40.7 Å². The van der Waals surface area contributed by atoms with Crippen LogP contribution in [0.4, 0.5) is 5.69 Å². The van der Waals surface area contributed by atoms with Gasteiger partial charge < -0.3 is 15.2 Å². The van der Waals surface area contributed by atoms with E-state index < -0.39 is 18.0 Å². The van der Waals surface area contributed by atoms with E-state index >= 15 is 0 Å². The van der Waals surface area contributed by atoms with Gasteiger partial charge in [0.15, 0.2) is 4.80 Å². The van der Waals surface area contributed by atoms with Crippen LogP contribution in [0.3, 0.4) is 0 Å². The predicted molar refractivity (Wildman–Crippen MR) is 127 cm³/mol. The van der Waals surface area contributed by atoms with Gasteiger partial charge in [0.25, 0.3) is 5.56 Å². The summed E-state index contributed by atoms with van der Waals surface area (Å²) < 4.78 is 7.16. The lowest BCUT2D eigenvalue weighted by Crippen LogP contribution is -2.39. The van der Waals surface area contributed by atoms with Gasteiger partial charge in [-0.3, -0.25) is 9.36 Å². The minimum Gasteiger partial charge on any atom is -0.478 e. The molecule has 1 aliphatic heterocycles. The molecule has 1 aromatic carbocycles. The Bertz CT molecular complexity index is 1450. The molecule has 0 aliphatic carbocycles. The first kappa shape index (κ1) is 22.7. The Kier molecular flexibility index (Phi) is 6.30. The average molecular weight is 484 g/mol. The number of nitrogens with zero attached hydrogens (tertiary/aromatic N) is 2. The zero-order valence-corrected chi connectivity index (χ0v) is 19.8. The molecule has 0 amide bonds. The fourth-order valence-corrected chi connectivity index (χ4v) is 5.47. The highest BCUT2D eigenvalue weighted by Gasteiger charge is 2.33. The van der Waals surface area contributed by atoms with Gasteiger partial charge in [0.2, 0.25) is 0 Å². The molecule has 0 unspecified atom stereocenters. The van der Waals surface area contributed by atoms with Crippen LogP contribution in [0, 0.1) is 6.92 Å². The van der Waals surface area contributed by atoms with E-state index in [1.807, 2.05) is 17.5 Å². The molecular formula is C23H21N3O5S2. The van der Waals surface area contributed by atoms with Crippen molar-refractivity contribution in [1.82, 2.24) is 4.57 Å². The highest BCUT2D eigenvalue weighted by Crippen LogP contribution is 2.33. The van der Waals surface area contributed by atoms with Crippen LogP contribution in [0.25, 0.3) is 6.20 Å². The number of nitrogens with one attached hydrogen (secondary N) is 1. The van der Waals surface area contributed by atoms with E-state index in [9.17, 15) is 19.5 Å². The van der Waals surface area contributed by atoms with Crippen LogP contribution in [-0.4, -0.2) is 28.2 Å². The zero-order valence-electron chi connectivity index (χ0n) is 18.1. The second kappa shape index (κ2) is 9.16. The third-order valence-corrected chi connectivity index (χ3v) is 7.16. The van der Waals surface area contributed by atoms with Gasteiger partial charge in [0, 0.05) is 16.8 Å². The molecule has 0 saturated heterocycles. The molecule has 0 bridgehead atoms. The van der Waals surface area contributed by atoms with Crippen LogP contribution >= 0.6 is 22.7 Å². The maximum Gasteiger partial charge on any atom is 0.338 e. The number of carbonyl (C=O) groups is 2. The first-order chi connectivity index (χ1) is 15.8. The smallest absolute Gasteiger partial charge is 0.338 e. The van der Waals surface area contributed by atoms with Gasteiger partial charge in [-0.2, -0.15) is 0 Å². The Hall–Kier alpha value is -3.50. The molecule has 2 N–H and O–H groups in total. The number of rotatable bonds is 6. The zero-order chi connectivity index (χ0) is 23.7. The van der Waals surface area contributed by atoms with Crippen molar-refractivity contribution >= 4 is 46.5 Å². The number of allylic oxidation sites excluding steroid dienone is 1. The molecule has 3 heterocycles. The highest BCUT2D eigenvalue weighted by molar-refractivity contribution is 7.10. The second-order valence-electron chi connectivity index (χ2n) is 7.25. The van der Waals surface area contributed by atoms with Gasteiger partial charge in [-0.05, 0) is 49.9 Å². The van der Waals surface area contributed by atoms with E-state index in [4.69, 9.17) is 4.74 Å². The maximum atomic E-state index is 13.4. The fourth-order valence-electron chi connectivity index (χ4n) is 3.67. The Morgan fingerprint density at radius 3 is 2.73 bits per heavy atom. The molecule has 1 aliphatic rings. The molecule has 0 radical (unpaired) electrons. The molecule has 170 valence electrons. The standard InChI is InChI=1S/C23H21N3O5S2/c1-4-31-22(30)18-13(3)25-23-26(19(18)16-9-6-10-32-16)20(27)17(33-23)11-24-15-8-5-7-14(12(15)2)21(28)29/h5-11,19,24H,4H2,1-3H3,(H,28,29)/b17-11-/t19-/m0/s1. The Labute approximate surface area is 196 Å². The minimum atomic E-state index is -1.02. The molecule has 0 fully saturated rings. The van der Waals surface area contributed by atoms with Crippen molar-refractivity contribution in [2.24, 2.45) is 4.99 Å². The summed E-state index contributed by atoms with van der Waals surface area (Å²) in [5.41, 5.74) is 1.88. The summed E-state index contributed by atoms with van der Waals surface area (Å²) in [6, 6.07) is 8.03. The van der Waals surface area contributed by atoms with Crippen molar-refractivity contribution in [1.29, 1.82) is 0 Å². The SMILES string of the molecule is CCOC(=O)C1=C(C)N=c2s/c(=C\Nc3cccc(C(=O)O)c3C)c(=O)n2[C@H]1c1cccs1. The number of thiophene rings is 1. The molecule has 0 spiro atoms. The normalized spacial score (nSPS) is 15.7. The summed E-state index contributed by atoms with van der Waals surface area (Å²) in [6.07, 6.45) is 1.55. The fraction of sp³-hybridized carbons (Fsp3) is 0.217. The first-order valence-electron chi connectivity index (χ1n) is 10.1. The van der Waals surface area contributed by atoms with Crippen LogP contribution in [-0.2, 0) is 9.53 Å². The minimum absolute atomic E-state index is 0.183. The number of hydrogen-bond donors (Lipinski definition) is 2. The molecular weight excluding hydrogens is 462 g/mol. The summed E-state index contributed by atoms with van der Waals surface area (Å²) in [5.74, 6) is -1.51. The highest BCUT2D eigenvalue weighted by atomic mass is 32.1. The molecule has 3 aromatic rings. The molecule has 8 nitrogen and oxygen atoms in total. The van der Waals surface area contributed by atoms with Gasteiger partial charge in [0.05, 0.1) is 23.4 Å². The van der Waals surface area contributed by atoms with E-state index in [0.29, 0.717) is 31.9 Å². The Morgan fingerprint density at radius 2 is 2.06 bits per heavy atom. The van der Waals surface area contributed by atoms with Gasteiger partial charge in [-0.1, -0.05) is 23.5 Å². The van der Waals surface area contributed by atoms with Gasteiger partial charge in [-0.15, -0.1) is 11.3 Å². The number of esters is 1. The van der Waals surface area contributed by atoms with E-state index in [2.05, 4.69) is 10.3 Å². The number of benzene rings is 1. The van der Waals surface area contributed by atoms with Crippen LogP contribution < -0.4 is 20.2 Å². The van der Waals surface area contributed by atoms with Crippen molar-refractivity contribution < 1.29 is 19.4 Å². The summed E-state index contributed by atoms with van der Waals surface area (Å²) in [7, 11) is 0. The lowest BCUT2D eigenvalue weighted by Gasteiger charge is -2.23. The van der Waals surface area contributed by atoms with Crippen molar-refractivity contribution in [2.75, 3.05) is 11.9 Å². The van der Waals surface area contributed by atoms with Crippen molar-refractivity contribution in [2.45, 2.75) is 26.8 Å². The molecule has 1 atom stereocenters. The van der Waals surface area contributed by atoms with E-state index in [1.165, 1.54) is 33.3 Å². The number of carbonyl (C=O) groups excluding carboxylic acids is 1. The molecule has 2 aromatic heterocycles. The maximum absolute atomic E-state index is 13.4. The van der Waals surface area contributed by atoms with Crippen molar-refractivity contribution in [3.05, 3.63) is 82.7 Å². The van der Waals surface area contributed by atoms with E-state index in [0.717, 1.165) is 4.88 Å². The number of ether oxygens (including phenoxy) is 1. The first-order valence-corrected chi connectivity index (χ1v) is 11.8. The monoisotopic (exact) mass is 483 g/mol. The number of hydrogen-bond acceptors (Lipinski definition) is 8. The number of fused-ring (bicyclic) bond motifs is 1. The number of anilines is 1. The quantitative estimate of drug-likeness (QED) is 0.522. The second-order valence-corrected chi connectivity index (χ2v) is 9.23. The number of aromatic carboxylic acids is 1. The lowest BCUT2D eigenvalue weighted by atomic mass is 10.0. The van der Waals surface area contributed by atoms with Gasteiger partial charge in [0.1, 0.15) is 10.6 Å². The van der Waals surface area contributed by atoms with Gasteiger partial charge >= 0.3 is 11.9 Å². The molecule has 33 heavy (non-hydrogen) atoms. The lowest BCUT2D eigenvalue weighted by molar-refractivity contribution is -0.139.